The molecule has 0 saturated carbocycles. The fraction of sp³-hybridized carbons (Fsp3) is 0.500. The Bertz CT molecular complexity index is 478. The molecule has 3 N–H and O–H groups in total. The van der Waals surface area contributed by atoms with Crippen LogP contribution in [0.5, 0.6) is 0 Å². The zero-order valence-electron chi connectivity index (χ0n) is 12.1. The first kappa shape index (κ1) is 19.1. The van der Waals surface area contributed by atoms with E-state index in [0.717, 1.165) is 12.0 Å². The van der Waals surface area contributed by atoms with E-state index in [0.29, 0.717) is 17.9 Å². The third-order valence-electron chi connectivity index (χ3n) is 2.84. The van der Waals surface area contributed by atoms with E-state index in [-0.39, 0.29) is 18.3 Å². The van der Waals surface area contributed by atoms with Crippen LogP contribution in [-0.4, -0.2) is 21.9 Å². The van der Waals surface area contributed by atoms with Gasteiger partial charge in [0.15, 0.2) is 0 Å². The van der Waals surface area contributed by atoms with Crippen LogP contribution in [0, 0.1) is 0 Å². The zero-order valence-corrected chi connectivity index (χ0v) is 13.8. The standard InChI is InChI=1S/C14H22N2O2S.ClH/c1-4-8-14(2,15)13(17)16-12-7-5-6-11(9-12)10-19(3)18;/h5-7,9H,4,8,10,15H2,1-3H3,(H,16,17);1H. The van der Waals surface area contributed by atoms with Crippen molar-refractivity contribution in [2.75, 3.05) is 11.6 Å². The summed E-state index contributed by atoms with van der Waals surface area (Å²) in [6, 6.07) is 7.37. The summed E-state index contributed by atoms with van der Waals surface area (Å²) in [5.41, 5.74) is 6.75. The molecule has 114 valence electrons. The fourth-order valence-corrected chi connectivity index (χ4v) is 2.53. The fourth-order valence-electron chi connectivity index (χ4n) is 1.88. The molecule has 6 heteroatoms. The first-order valence-electron chi connectivity index (χ1n) is 6.34. The van der Waals surface area contributed by atoms with Gasteiger partial charge in [-0.1, -0.05) is 25.5 Å². The second-order valence-electron chi connectivity index (χ2n) is 5.04. The van der Waals surface area contributed by atoms with Gasteiger partial charge in [-0.05, 0) is 31.0 Å². The van der Waals surface area contributed by atoms with Crippen LogP contribution >= 0.6 is 12.4 Å². The van der Waals surface area contributed by atoms with Gasteiger partial charge in [-0.3, -0.25) is 9.00 Å². The molecule has 0 aromatic heterocycles. The lowest BCUT2D eigenvalue weighted by molar-refractivity contribution is -0.120. The van der Waals surface area contributed by atoms with E-state index < -0.39 is 16.3 Å². The molecule has 20 heavy (non-hydrogen) atoms. The van der Waals surface area contributed by atoms with Gasteiger partial charge in [0.05, 0.1) is 5.54 Å². The molecule has 0 aliphatic carbocycles. The third kappa shape index (κ3) is 6.03. The van der Waals surface area contributed by atoms with Crippen LogP contribution in [0.1, 0.15) is 32.3 Å². The smallest absolute Gasteiger partial charge is 0.244 e. The molecule has 0 aliphatic rings. The van der Waals surface area contributed by atoms with Gasteiger partial charge in [-0.25, -0.2) is 0 Å². The van der Waals surface area contributed by atoms with E-state index in [9.17, 15) is 9.00 Å². The monoisotopic (exact) mass is 318 g/mol. The van der Waals surface area contributed by atoms with Crippen molar-refractivity contribution in [1.82, 2.24) is 0 Å². The summed E-state index contributed by atoms with van der Waals surface area (Å²) in [4.78, 5) is 12.1. The number of carbonyl (C=O) groups excluding carboxylic acids is 1. The molecule has 2 unspecified atom stereocenters. The largest absolute Gasteiger partial charge is 0.324 e. The molecule has 0 fully saturated rings. The number of halogens is 1. The zero-order chi connectivity index (χ0) is 14.5. The van der Waals surface area contributed by atoms with Gasteiger partial charge in [-0.2, -0.15) is 0 Å². The van der Waals surface area contributed by atoms with E-state index in [1.807, 2.05) is 31.2 Å². The Kier molecular flexibility index (Phi) is 8.01. The lowest BCUT2D eigenvalue weighted by atomic mass is 9.96. The Hall–Kier alpha value is -0.910. The molecule has 2 atom stereocenters. The van der Waals surface area contributed by atoms with Crippen molar-refractivity contribution in [2.45, 2.75) is 38.0 Å². The topological polar surface area (TPSA) is 72.2 Å². The van der Waals surface area contributed by atoms with Gasteiger partial charge in [0, 0.05) is 28.5 Å². The first-order valence-corrected chi connectivity index (χ1v) is 8.07. The van der Waals surface area contributed by atoms with Crippen LogP contribution in [0.2, 0.25) is 0 Å². The van der Waals surface area contributed by atoms with Gasteiger partial charge in [-0.15, -0.1) is 12.4 Å². The van der Waals surface area contributed by atoms with Gasteiger partial charge in [0.1, 0.15) is 0 Å². The highest BCUT2D eigenvalue weighted by Crippen LogP contribution is 2.16. The number of rotatable bonds is 6. The van der Waals surface area contributed by atoms with Crippen molar-refractivity contribution >= 4 is 34.8 Å². The molecule has 0 aliphatic heterocycles. The predicted molar refractivity (Wildman–Crippen MR) is 87.6 cm³/mol. The minimum atomic E-state index is -0.895. The van der Waals surface area contributed by atoms with E-state index in [4.69, 9.17) is 5.73 Å². The Balaban J connectivity index is 0.00000361. The van der Waals surface area contributed by atoms with E-state index in [1.165, 1.54) is 0 Å². The number of nitrogens with two attached hydrogens (primary N) is 1. The number of amides is 1. The maximum Gasteiger partial charge on any atom is 0.244 e. The molecule has 0 radical (unpaired) electrons. The SMILES string of the molecule is CCCC(C)(N)C(=O)Nc1cccc(CS(C)=O)c1.Cl. The Labute approximate surface area is 129 Å². The second-order valence-corrected chi connectivity index (χ2v) is 6.47. The molecular formula is C14H23ClN2O2S. The van der Waals surface area contributed by atoms with Crippen LogP contribution in [0.4, 0.5) is 5.69 Å². The first-order chi connectivity index (χ1) is 8.85. The van der Waals surface area contributed by atoms with E-state index in [1.54, 1.807) is 13.2 Å². The Morgan fingerprint density at radius 1 is 1.45 bits per heavy atom. The summed E-state index contributed by atoms with van der Waals surface area (Å²) < 4.78 is 11.2. The van der Waals surface area contributed by atoms with Crippen molar-refractivity contribution in [3.05, 3.63) is 29.8 Å². The maximum atomic E-state index is 12.1. The minimum absolute atomic E-state index is 0. The van der Waals surface area contributed by atoms with Crippen molar-refractivity contribution in [3.63, 3.8) is 0 Å². The number of hydrogen-bond donors (Lipinski definition) is 2. The predicted octanol–water partition coefficient (Wildman–Crippen LogP) is 2.44. The Morgan fingerprint density at radius 2 is 2.10 bits per heavy atom. The van der Waals surface area contributed by atoms with Crippen molar-refractivity contribution < 1.29 is 9.00 Å². The number of nitrogens with one attached hydrogen (secondary N) is 1. The number of hydrogen-bond acceptors (Lipinski definition) is 3. The van der Waals surface area contributed by atoms with E-state index >= 15 is 0 Å². The van der Waals surface area contributed by atoms with Crippen molar-refractivity contribution in [1.29, 1.82) is 0 Å². The lowest BCUT2D eigenvalue weighted by Gasteiger charge is -2.23. The maximum absolute atomic E-state index is 12.1. The molecule has 0 saturated heterocycles. The highest BCUT2D eigenvalue weighted by atomic mass is 35.5. The molecule has 0 spiro atoms. The minimum Gasteiger partial charge on any atom is -0.324 e. The average molecular weight is 319 g/mol. The van der Waals surface area contributed by atoms with Crippen molar-refractivity contribution in [2.24, 2.45) is 5.73 Å². The lowest BCUT2D eigenvalue weighted by Crippen LogP contribution is -2.48. The van der Waals surface area contributed by atoms with Crippen LogP contribution in [0.15, 0.2) is 24.3 Å². The van der Waals surface area contributed by atoms with Gasteiger partial charge in [0.25, 0.3) is 0 Å². The summed E-state index contributed by atoms with van der Waals surface area (Å²) >= 11 is 0. The van der Waals surface area contributed by atoms with Crippen LogP contribution in [0.25, 0.3) is 0 Å². The number of carbonyl (C=O) groups is 1. The van der Waals surface area contributed by atoms with E-state index in [2.05, 4.69) is 5.32 Å². The molecule has 1 aromatic carbocycles. The normalized spacial score (nSPS) is 14.8. The van der Waals surface area contributed by atoms with Gasteiger partial charge < -0.3 is 11.1 Å². The average Bonchev–Trinajstić information content (AvgIpc) is 2.28. The number of benzene rings is 1. The summed E-state index contributed by atoms with van der Waals surface area (Å²) in [5.74, 6) is 0.294. The highest BCUT2D eigenvalue weighted by molar-refractivity contribution is 7.83. The summed E-state index contributed by atoms with van der Waals surface area (Å²) in [7, 11) is -0.895. The molecule has 1 rings (SSSR count). The molecule has 1 aromatic rings. The molecule has 4 nitrogen and oxygen atoms in total. The second kappa shape index (κ2) is 8.39. The molecule has 0 heterocycles. The summed E-state index contributed by atoms with van der Waals surface area (Å²) in [5, 5.41) is 2.82. The van der Waals surface area contributed by atoms with Gasteiger partial charge >= 0.3 is 0 Å². The van der Waals surface area contributed by atoms with Crippen LogP contribution in [-0.2, 0) is 21.3 Å². The molecular weight excluding hydrogens is 296 g/mol. The van der Waals surface area contributed by atoms with Crippen LogP contribution in [0.3, 0.4) is 0 Å². The molecule has 1 amide bonds. The summed E-state index contributed by atoms with van der Waals surface area (Å²) in [6.45, 7) is 3.73. The quantitative estimate of drug-likeness (QED) is 0.846. The number of anilines is 1. The molecule has 0 bridgehead atoms. The highest BCUT2D eigenvalue weighted by Gasteiger charge is 2.27. The van der Waals surface area contributed by atoms with Crippen LogP contribution < -0.4 is 11.1 Å². The third-order valence-corrected chi connectivity index (χ3v) is 3.58. The van der Waals surface area contributed by atoms with Crippen molar-refractivity contribution in [3.8, 4) is 0 Å². The Morgan fingerprint density at radius 3 is 2.65 bits per heavy atom. The van der Waals surface area contributed by atoms with Gasteiger partial charge in [0.2, 0.25) is 5.91 Å². The summed E-state index contributed by atoms with van der Waals surface area (Å²) in [6.07, 6.45) is 3.15.